The number of para-hydroxylation sites is 1. The van der Waals surface area contributed by atoms with Crippen LogP contribution in [0.25, 0.3) is 11.6 Å². The monoisotopic (exact) mass is 426 g/mol. The molecule has 0 bridgehead atoms. The van der Waals surface area contributed by atoms with E-state index in [-0.39, 0.29) is 11.7 Å². The van der Waals surface area contributed by atoms with Gasteiger partial charge in [0.05, 0.1) is 12.0 Å². The Morgan fingerprint density at radius 1 is 1.17 bits per heavy atom. The Bertz CT molecular complexity index is 996. The van der Waals surface area contributed by atoms with Gasteiger partial charge in [0.25, 0.3) is 0 Å². The number of benzene rings is 1. The minimum Gasteiger partial charge on any atom is -0.461 e. The van der Waals surface area contributed by atoms with Crippen LogP contribution in [0.15, 0.2) is 52.2 Å². The molecule has 0 atom stereocenters. The second-order valence-electron chi connectivity index (χ2n) is 7.39. The number of nitrogens with zero attached hydrogens (tertiary/aromatic N) is 3. The zero-order chi connectivity index (χ0) is 21.5. The third-order valence-corrected chi connectivity index (χ3v) is 5.42. The van der Waals surface area contributed by atoms with Gasteiger partial charge in [-0.25, -0.2) is 0 Å². The van der Waals surface area contributed by atoms with Crippen molar-refractivity contribution in [2.75, 3.05) is 11.1 Å². The maximum atomic E-state index is 12.3. The van der Waals surface area contributed by atoms with Crippen LogP contribution in [0, 0.1) is 5.92 Å². The first-order valence-electron chi connectivity index (χ1n) is 9.95. The fraction of sp³-hybridized carbons (Fsp3) is 0.364. The first-order chi connectivity index (χ1) is 14.5. The van der Waals surface area contributed by atoms with Crippen LogP contribution in [0.5, 0.6) is 0 Å². The van der Waals surface area contributed by atoms with Crippen molar-refractivity contribution in [3.05, 3.63) is 48.2 Å². The van der Waals surface area contributed by atoms with E-state index in [0.717, 1.165) is 23.3 Å². The third-order valence-electron chi connectivity index (χ3n) is 4.37. The van der Waals surface area contributed by atoms with Gasteiger partial charge in [-0.15, -0.1) is 10.2 Å². The van der Waals surface area contributed by atoms with Gasteiger partial charge in [0.2, 0.25) is 5.91 Å². The first kappa shape index (κ1) is 21.8. The highest BCUT2D eigenvalue weighted by Crippen LogP contribution is 2.26. The lowest BCUT2D eigenvalue weighted by Gasteiger charge is -2.11. The van der Waals surface area contributed by atoms with Crippen molar-refractivity contribution < 1.29 is 14.0 Å². The van der Waals surface area contributed by atoms with Crippen LogP contribution < -0.4 is 5.32 Å². The number of furan rings is 1. The van der Waals surface area contributed by atoms with Gasteiger partial charge in [-0.05, 0) is 43.5 Å². The fourth-order valence-electron chi connectivity index (χ4n) is 3.02. The smallest absolute Gasteiger partial charge is 0.224 e. The van der Waals surface area contributed by atoms with E-state index in [1.807, 2.05) is 12.1 Å². The minimum absolute atomic E-state index is 0.0710. The van der Waals surface area contributed by atoms with Gasteiger partial charge in [-0.1, -0.05) is 37.7 Å². The van der Waals surface area contributed by atoms with Crippen molar-refractivity contribution in [2.45, 2.75) is 45.3 Å². The fourth-order valence-corrected chi connectivity index (χ4v) is 3.91. The Morgan fingerprint density at radius 3 is 2.67 bits per heavy atom. The summed E-state index contributed by atoms with van der Waals surface area (Å²) >= 11 is 1.58. The Labute approximate surface area is 180 Å². The van der Waals surface area contributed by atoms with Gasteiger partial charge in [0, 0.05) is 24.3 Å². The molecule has 8 heteroatoms. The summed E-state index contributed by atoms with van der Waals surface area (Å²) in [5, 5.41) is 12.3. The normalized spacial score (nSPS) is 11.1. The molecule has 0 saturated heterocycles. The number of Topliss-reactive ketones (excluding diaryl/α,β-unsaturated/α-hetero) is 1. The number of amides is 1. The Morgan fingerprint density at radius 2 is 1.97 bits per heavy atom. The molecule has 0 aliphatic carbocycles. The molecule has 7 nitrogen and oxygen atoms in total. The summed E-state index contributed by atoms with van der Waals surface area (Å²) < 4.78 is 7.55. The molecule has 0 unspecified atom stereocenters. The number of aromatic nitrogens is 3. The molecule has 2 heterocycles. The highest BCUT2D eigenvalue weighted by Gasteiger charge is 2.17. The molecule has 0 saturated carbocycles. The van der Waals surface area contributed by atoms with E-state index >= 15 is 0 Å². The molecule has 30 heavy (non-hydrogen) atoms. The van der Waals surface area contributed by atoms with Gasteiger partial charge >= 0.3 is 0 Å². The summed E-state index contributed by atoms with van der Waals surface area (Å²) in [6, 6.07) is 10.8. The second kappa shape index (κ2) is 10.2. The van der Waals surface area contributed by atoms with Crippen LogP contribution >= 0.6 is 11.8 Å². The maximum Gasteiger partial charge on any atom is 0.224 e. The lowest BCUT2D eigenvalue weighted by molar-refractivity contribution is -0.116. The zero-order valence-corrected chi connectivity index (χ0v) is 18.2. The molecule has 2 aromatic heterocycles. The van der Waals surface area contributed by atoms with Crippen molar-refractivity contribution in [3.8, 4) is 11.6 Å². The van der Waals surface area contributed by atoms with E-state index in [9.17, 15) is 9.59 Å². The Kier molecular flexibility index (Phi) is 7.46. The van der Waals surface area contributed by atoms with Gasteiger partial charge in [0.15, 0.2) is 22.5 Å². The standard InChI is InChI=1S/C22H26N4O3S/c1-15(2)14-26-21(19-10-6-12-29-19)24-25-22(26)30-13-7-11-20(28)23-18-9-5-4-8-17(18)16(3)27/h4-6,8-10,12,15H,7,11,13-14H2,1-3H3,(H,23,28). The average molecular weight is 427 g/mol. The molecule has 158 valence electrons. The zero-order valence-electron chi connectivity index (χ0n) is 17.4. The van der Waals surface area contributed by atoms with Crippen LogP contribution in [0.1, 0.15) is 44.0 Å². The average Bonchev–Trinajstić information content (AvgIpc) is 3.35. The molecule has 0 fully saturated rings. The molecule has 0 spiro atoms. The van der Waals surface area contributed by atoms with Crippen molar-refractivity contribution in [3.63, 3.8) is 0 Å². The maximum absolute atomic E-state index is 12.3. The van der Waals surface area contributed by atoms with E-state index < -0.39 is 0 Å². The summed E-state index contributed by atoms with van der Waals surface area (Å²) in [6.45, 7) is 6.56. The van der Waals surface area contributed by atoms with E-state index in [2.05, 4.69) is 33.9 Å². The van der Waals surface area contributed by atoms with Crippen molar-refractivity contribution in [1.82, 2.24) is 14.8 Å². The summed E-state index contributed by atoms with van der Waals surface area (Å²) in [4.78, 5) is 24.0. The first-order valence-corrected chi connectivity index (χ1v) is 10.9. The Balaban J connectivity index is 1.56. The molecule has 1 aromatic carbocycles. The quantitative estimate of drug-likeness (QED) is 0.281. The van der Waals surface area contributed by atoms with E-state index in [4.69, 9.17) is 4.42 Å². The van der Waals surface area contributed by atoms with Gasteiger partial charge in [0.1, 0.15) is 0 Å². The highest BCUT2D eigenvalue weighted by atomic mass is 32.2. The van der Waals surface area contributed by atoms with Crippen LogP contribution in [0.3, 0.4) is 0 Å². The lowest BCUT2D eigenvalue weighted by Crippen LogP contribution is -2.14. The molecule has 0 radical (unpaired) electrons. The summed E-state index contributed by atoms with van der Waals surface area (Å²) in [7, 11) is 0. The van der Waals surface area contributed by atoms with Gasteiger partial charge < -0.3 is 9.73 Å². The number of rotatable bonds is 10. The highest BCUT2D eigenvalue weighted by molar-refractivity contribution is 7.99. The molecule has 3 rings (SSSR count). The van der Waals surface area contributed by atoms with Crippen LogP contribution in [-0.2, 0) is 11.3 Å². The van der Waals surface area contributed by atoms with E-state index in [0.29, 0.717) is 35.8 Å². The topological polar surface area (TPSA) is 90.0 Å². The van der Waals surface area contributed by atoms with Crippen molar-refractivity contribution in [2.24, 2.45) is 5.92 Å². The third kappa shape index (κ3) is 5.60. The largest absolute Gasteiger partial charge is 0.461 e. The summed E-state index contributed by atoms with van der Waals surface area (Å²) in [5.74, 6) is 2.40. The minimum atomic E-state index is -0.107. The van der Waals surface area contributed by atoms with Gasteiger partial charge in [-0.3, -0.25) is 14.2 Å². The lowest BCUT2D eigenvalue weighted by atomic mass is 10.1. The van der Waals surface area contributed by atoms with Crippen molar-refractivity contribution >= 4 is 29.1 Å². The SMILES string of the molecule is CC(=O)c1ccccc1NC(=O)CCCSc1nnc(-c2ccco2)n1CC(C)C. The molecule has 3 aromatic rings. The number of carbonyl (C=O) groups excluding carboxylic acids is 2. The molecular formula is C22H26N4O3S. The molecule has 0 aliphatic rings. The van der Waals surface area contributed by atoms with Crippen molar-refractivity contribution in [1.29, 1.82) is 0 Å². The predicted octanol–water partition coefficient (Wildman–Crippen LogP) is 4.91. The number of hydrogen-bond donors (Lipinski definition) is 1. The molecular weight excluding hydrogens is 400 g/mol. The number of thioether (sulfide) groups is 1. The molecule has 1 amide bonds. The number of anilines is 1. The second-order valence-corrected chi connectivity index (χ2v) is 8.45. The number of nitrogens with one attached hydrogen (secondary N) is 1. The summed E-state index contributed by atoms with van der Waals surface area (Å²) in [5.41, 5.74) is 1.08. The molecule has 1 N–H and O–H groups in total. The van der Waals surface area contributed by atoms with Crippen LogP contribution in [-0.4, -0.2) is 32.2 Å². The number of ketones is 1. The van der Waals surface area contributed by atoms with E-state index in [1.54, 1.807) is 42.3 Å². The molecule has 0 aliphatic heterocycles. The number of hydrogen-bond acceptors (Lipinski definition) is 6. The number of carbonyl (C=O) groups is 2. The van der Waals surface area contributed by atoms with Crippen LogP contribution in [0.4, 0.5) is 5.69 Å². The van der Waals surface area contributed by atoms with E-state index in [1.165, 1.54) is 6.92 Å². The van der Waals surface area contributed by atoms with Gasteiger partial charge in [-0.2, -0.15) is 0 Å². The Hall–Kier alpha value is -2.87. The predicted molar refractivity (Wildman–Crippen MR) is 118 cm³/mol. The summed E-state index contributed by atoms with van der Waals surface area (Å²) in [6.07, 6.45) is 2.67. The van der Waals surface area contributed by atoms with Crippen LogP contribution in [0.2, 0.25) is 0 Å².